The van der Waals surface area contributed by atoms with Crippen molar-refractivity contribution in [1.29, 1.82) is 0 Å². The fourth-order valence-corrected chi connectivity index (χ4v) is 8.78. The van der Waals surface area contributed by atoms with E-state index >= 15 is 0 Å². The number of aryl methyl sites for hydroxylation is 1. The van der Waals surface area contributed by atoms with Gasteiger partial charge in [-0.15, -0.1) is 0 Å². The topological polar surface area (TPSA) is 106 Å². The number of rotatable bonds is 12. The minimum absolute atomic E-state index is 0.0312. The Balaban J connectivity index is 1.25. The van der Waals surface area contributed by atoms with E-state index in [0.717, 1.165) is 51.7 Å². The summed E-state index contributed by atoms with van der Waals surface area (Å²) in [7, 11) is -2.55. The van der Waals surface area contributed by atoms with Gasteiger partial charge in [0.1, 0.15) is 5.75 Å². The molecule has 2 N–H and O–H groups in total. The van der Waals surface area contributed by atoms with Gasteiger partial charge in [-0.3, -0.25) is 9.59 Å². The first kappa shape index (κ1) is 35.7. The van der Waals surface area contributed by atoms with Crippen LogP contribution in [0, 0.1) is 12.8 Å². The van der Waals surface area contributed by atoms with Gasteiger partial charge in [0.05, 0.1) is 18.0 Å². The maximum Gasteiger partial charge on any atom is 0.265 e. The van der Waals surface area contributed by atoms with Crippen LogP contribution in [0.5, 0.6) is 5.75 Å². The number of anilines is 1. The van der Waals surface area contributed by atoms with Crippen LogP contribution in [0.4, 0.5) is 5.69 Å². The van der Waals surface area contributed by atoms with Crippen molar-refractivity contribution in [2.24, 2.45) is 5.92 Å². The maximum absolute atomic E-state index is 13.3. The molecular formula is C44H43N3O5S. The fourth-order valence-electron chi connectivity index (χ4n) is 7.56. The number of benzene rings is 5. The van der Waals surface area contributed by atoms with Crippen molar-refractivity contribution in [2.45, 2.75) is 56.4 Å². The van der Waals surface area contributed by atoms with Gasteiger partial charge in [0.2, 0.25) is 5.91 Å². The van der Waals surface area contributed by atoms with Gasteiger partial charge < -0.3 is 14.6 Å². The van der Waals surface area contributed by atoms with Crippen LogP contribution < -0.4 is 14.8 Å². The molecular weight excluding hydrogens is 683 g/mol. The van der Waals surface area contributed by atoms with Crippen LogP contribution in [-0.2, 0) is 21.2 Å². The predicted octanol–water partition coefficient (Wildman–Crippen LogP) is 8.82. The van der Waals surface area contributed by atoms with Crippen molar-refractivity contribution < 1.29 is 22.7 Å². The zero-order valence-corrected chi connectivity index (χ0v) is 30.7. The molecule has 270 valence electrons. The van der Waals surface area contributed by atoms with Gasteiger partial charge in [0, 0.05) is 41.2 Å². The van der Waals surface area contributed by atoms with E-state index < -0.39 is 15.9 Å². The number of amides is 2. The first-order chi connectivity index (χ1) is 25.7. The van der Waals surface area contributed by atoms with Crippen molar-refractivity contribution in [3.8, 4) is 5.75 Å². The molecule has 5 aromatic carbocycles. The third kappa shape index (κ3) is 7.90. The third-order valence-corrected chi connectivity index (χ3v) is 11.7. The lowest BCUT2D eigenvalue weighted by molar-refractivity contribution is -0.117. The molecule has 0 radical (unpaired) electrons. The molecule has 1 aromatic heterocycles. The monoisotopic (exact) mass is 725 g/mol. The van der Waals surface area contributed by atoms with Gasteiger partial charge in [-0.25, -0.2) is 13.1 Å². The van der Waals surface area contributed by atoms with E-state index in [2.05, 4.69) is 51.1 Å². The number of nitrogens with zero attached hydrogens (tertiary/aromatic N) is 1. The maximum atomic E-state index is 13.3. The zero-order valence-electron chi connectivity index (χ0n) is 29.9. The molecule has 7 rings (SSSR count). The lowest BCUT2D eigenvalue weighted by atomic mass is 9.98. The molecule has 0 atom stereocenters. The first-order valence-corrected chi connectivity index (χ1v) is 19.5. The summed E-state index contributed by atoms with van der Waals surface area (Å²) < 4.78 is 36.4. The Morgan fingerprint density at radius 2 is 1.47 bits per heavy atom. The van der Waals surface area contributed by atoms with E-state index in [9.17, 15) is 18.0 Å². The average molecular weight is 726 g/mol. The lowest BCUT2D eigenvalue weighted by Crippen LogP contribution is -2.31. The molecule has 6 aromatic rings. The number of fused-ring (bicyclic) bond motifs is 1. The first-order valence-electron chi connectivity index (χ1n) is 18.0. The van der Waals surface area contributed by atoms with Crippen molar-refractivity contribution in [1.82, 2.24) is 9.29 Å². The van der Waals surface area contributed by atoms with Crippen LogP contribution in [0.1, 0.15) is 76.3 Å². The third-order valence-electron chi connectivity index (χ3n) is 10.2. The highest BCUT2D eigenvalue weighted by atomic mass is 32.2. The Labute approximate surface area is 310 Å². The number of nitrogens with one attached hydrogen (secondary N) is 2. The summed E-state index contributed by atoms with van der Waals surface area (Å²) in [6.07, 6.45) is 7.72. The van der Waals surface area contributed by atoms with Crippen molar-refractivity contribution in [3.05, 3.63) is 161 Å². The second-order valence-corrected chi connectivity index (χ2v) is 15.5. The van der Waals surface area contributed by atoms with Gasteiger partial charge in [-0.1, -0.05) is 97.8 Å². The largest absolute Gasteiger partial charge is 0.496 e. The molecule has 53 heavy (non-hydrogen) atoms. The van der Waals surface area contributed by atoms with E-state index in [-0.39, 0.29) is 22.4 Å². The van der Waals surface area contributed by atoms with Crippen LogP contribution >= 0.6 is 0 Å². The molecule has 8 nitrogen and oxygen atoms in total. The van der Waals surface area contributed by atoms with Crippen molar-refractivity contribution in [2.75, 3.05) is 12.4 Å². The summed E-state index contributed by atoms with van der Waals surface area (Å²) >= 11 is 0. The minimum atomic E-state index is -4.09. The summed E-state index contributed by atoms with van der Waals surface area (Å²) in [6, 6.07) is 38.2. The molecule has 1 heterocycles. The highest BCUT2D eigenvalue weighted by molar-refractivity contribution is 7.90. The summed E-state index contributed by atoms with van der Waals surface area (Å²) in [5.74, 6) is 0.174. The molecule has 9 heteroatoms. The van der Waals surface area contributed by atoms with E-state index in [1.54, 1.807) is 43.3 Å². The molecule has 0 bridgehead atoms. The number of hydrogen-bond acceptors (Lipinski definition) is 5. The number of sulfonamides is 1. The van der Waals surface area contributed by atoms with E-state index in [1.165, 1.54) is 26.0 Å². The summed E-state index contributed by atoms with van der Waals surface area (Å²) in [5.41, 5.74) is 6.52. The number of carbonyl (C=O) groups is 2. The lowest BCUT2D eigenvalue weighted by Gasteiger charge is -2.22. The van der Waals surface area contributed by atoms with Gasteiger partial charge in [0.15, 0.2) is 0 Å². The highest BCUT2D eigenvalue weighted by Crippen LogP contribution is 2.36. The van der Waals surface area contributed by atoms with Gasteiger partial charge in [-0.05, 0) is 89.9 Å². The number of hydrogen-bond donors (Lipinski definition) is 2. The highest BCUT2D eigenvalue weighted by Gasteiger charge is 2.24. The van der Waals surface area contributed by atoms with Gasteiger partial charge in [-0.2, -0.15) is 0 Å². The molecule has 1 aliphatic rings. The summed E-state index contributed by atoms with van der Waals surface area (Å²) in [5, 5.41) is 4.14. The van der Waals surface area contributed by atoms with Crippen LogP contribution in [0.2, 0.25) is 0 Å². The van der Waals surface area contributed by atoms with Crippen LogP contribution in [0.15, 0.2) is 132 Å². The molecule has 0 spiro atoms. The normalized spacial score (nSPS) is 13.3. The van der Waals surface area contributed by atoms with Crippen molar-refractivity contribution in [3.63, 3.8) is 0 Å². The predicted molar refractivity (Wildman–Crippen MR) is 209 cm³/mol. The smallest absolute Gasteiger partial charge is 0.265 e. The van der Waals surface area contributed by atoms with E-state index in [4.69, 9.17) is 4.74 Å². The Morgan fingerprint density at radius 3 is 2.13 bits per heavy atom. The van der Waals surface area contributed by atoms with Crippen molar-refractivity contribution >= 4 is 38.4 Å². The second kappa shape index (κ2) is 15.5. The number of ether oxygens (including phenoxy) is 1. The van der Waals surface area contributed by atoms with E-state index in [0.29, 0.717) is 30.1 Å². The SMILES string of the molecule is COc1cc(C(=O)NS(=O)(=O)c2ccccc2C)ccc1Cc1cn(C(c2ccccc2)c2ccccc2)c2ccc(NC(=O)CC3CCCC3)cc12. The summed E-state index contributed by atoms with van der Waals surface area (Å²) in [6.45, 7) is 1.68. The summed E-state index contributed by atoms with van der Waals surface area (Å²) in [4.78, 5) is 26.4. The number of methoxy groups -OCH3 is 1. The van der Waals surface area contributed by atoms with Crippen LogP contribution in [0.25, 0.3) is 10.9 Å². The van der Waals surface area contributed by atoms with Crippen LogP contribution in [-0.4, -0.2) is 31.9 Å². The molecule has 1 aliphatic carbocycles. The Morgan fingerprint density at radius 1 is 0.811 bits per heavy atom. The van der Waals surface area contributed by atoms with Crippen LogP contribution in [0.3, 0.4) is 0 Å². The zero-order chi connectivity index (χ0) is 37.0. The molecule has 1 saturated carbocycles. The van der Waals surface area contributed by atoms with Gasteiger partial charge in [0.25, 0.3) is 15.9 Å². The fraction of sp³-hybridized carbons (Fsp3) is 0.227. The Bertz CT molecular complexity index is 2330. The quantitative estimate of drug-likeness (QED) is 0.131. The minimum Gasteiger partial charge on any atom is -0.496 e. The van der Waals surface area contributed by atoms with Gasteiger partial charge >= 0.3 is 0 Å². The number of carbonyl (C=O) groups excluding carboxylic acids is 2. The molecule has 1 fully saturated rings. The number of aromatic nitrogens is 1. The van der Waals surface area contributed by atoms with E-state index in [1.807, 2.05) is 48.5 Å². The average Bonchev–Trinajstić information content (AvgIpc) is 3.80. The molecule has 0 saturated heterocycles. The Kier molecular flexibility index (Phi) is 10.5. The Hall–Kier alpha value is -5.67. The molecule has 0 aliphatic heterocycles. The second-order valence-electron chi connectivity index (χ2n) is 13.8. The molecule has 0 unspecified atom stereocenters. The standard InChI is InChI=1S/C44H43N3O5S/c1-30-13-9-12-20-41(30)53(50,51)46-44(49)35-22-21-34(40(27-35)52-2)26-36-29-47(43(32-16-5-3-6-17-32)33-18-7-4-8-19-33)39-24-23-37(28-38(36)39)45-42(48)25-31-14-10-11-15-31/h3-9,12-13,16-24,27-29,31,43H,10-11,14-15,25-26H2,1-2H3,(H,45,48)(H,46,49). The molecule has 2 amide bonds.